The van der Waals surface area contributed by atoms with Crippen LogP contribution in [0, 0.1) is 0 Å². The van der Waals surface area contributed by atoms with Crippen molar-refractivity contribution < 1.29 is 9.53 Å². The molecule has 29 heavy (non-hydrogen) atoms. The third-order valence-corrected chi connectivity index (χ3v) is 6.10. The molecule has 5 rings (SSSR count). The second-order valence-electron chi connectivity index (χ2n) is 7.59. The number of anilines is 1. The number of carbonyl (C=O) groups is 1. The summed E-state index contributed by atoms with van der Waals surface area (Å²) < 4.78 is 5.51. The largest absolute Gasteiger partial charge is 0.495 e. The number of hydrogen-bond donors (Lipinski definition) is 0. The summed E-state index contributed by atoms with van der Waals surface area (Å²) >= 11 is 0. The minimum Gasteiger partial charge on any atom is -0.495 e. The van der Waals surface area contributed by atoms with Gasteiger partial charge in [0.25, 0.3) is 0 Å². The third kappa shape index (κ3) is 2.96. The number of rotatable bonds is 3. The van der Waals surface area contributed by atoms with Gasteiger partial charge in [-0.15, -0.1) is 0 Å². The molecule has 0 radical (unpaired) electrons. The van der Waals surface area contributed by atoms with Crippen molar-refractivity contribution >= 4 is 11.6 Å². The summed E-state index contributed by atoms with van der Waals surface area (Å²) in [4.78, 5) is 17.9. The smallest absolute Gasteiger partial charge is 0.234 e. The summed E-state index contributed by atoms with van der Waals surface area (Å²) in [5.74, 6) is 0.896. The Balaban J connectivity index is 1.38. The van der Waals surface area contributed by atoms with Gasteiger partial charge in [0.15, 0.2) is 0 Å². The fourth-order valence-electron chi connectivity index (χ4n) is 4.66. The molecule has 1 amide bonds. The van der Waals surface area contributed by atoms with Crippen LogP contribution in [0.15, 0.2) is 72.8 Å². The molecule has 2 aliphatic rings. The number of fused-ring (bicyclic) bond motifs is 3. The van der Waals surface area contributed by atoms with E-state index in [-0.39, 0.29) is 11.8 Å². The molecule has 0 spiro atoms. The number of piperazine rings is 1. The van der Waals surface area contributed by atoms with E-state index < -0.39 is 0 Å². The van der Waals surface area contributed by atoms with Crippen molar-refractivity contribution in [3.8, 4) is 16.9 Å². The van der Waals surface area contributed by atoms with Gasteiger partial charge < -0.3 is 14.5 Å². The Hall–Kier alpha value is -3.27. The number of methoxy groups -OCH3 is 1. The highest BCUT2D eigenvalue weighted by Gasteiger charge is 2.36. The summed E-state index contributed by atoms with van der Waals surface area (Å²) in [6.07, 6.45) is 0. The number of carbonyl (C=O) groups excluding carboxylic acids is 1. The number of nitrogens with zero attached hydrogens (tertiary/aromatic N) is 2. The lowest BCUT2D eigenvalue weighted by Gasteiger charge is -2.37. The minimum atomic E-state index is -0.194. The second-order valence-corrected chi connectivity index (χ2v) is 7.59. The Morgan fingerprint density at radius 2 is 1.34 bits per heavy atom. The number of amides is 1. The maximum absolute atomic E-state index is 13.6. The molecule has 1 aliphatic heterocycles. The van der Waals surface area contributed by atoms with E-state index in [1.807, 2.05) is 35.2 Å². The average molecular weight is 384 g/mol. The molecule has 146 valence electrons. The molecular formula is C25H24N2O2. The molecule has 1 heterocycles. The van der Waals surface area contributed by atoms with Crippen LogP contribution in [0.3, 0.4) is 0 Å². The highest BCUT2D eigenvalue weighted by atomic mass is 16.5. The van der Waals surface area contributed by atoms with Crippen molar-refractivity contribution in [1.82, 2.24) is 4.90 Å². The summed E-state index contributed by atoms with van der Waals surface area (Å²) in [5, 5.41) is 0. The van der Waals surface area contributed by atoms with Gasteiger partial charge in [-0.05, 0) is 34.4 Å². The number of ether oxygens (including phenoxy) is 1. The van der Waals surface area contributed by atoms with Crippen molar-refractivity contribution in [3.05, 3.63) is 83.9 Å². The van der Waals surface area contributed by atoms with Crippen LogP contribution < -0.4 is 9.64 Å². The Bertz CT molecular complexity index is 1010. The lowest BCUT2D eigenvalue weighted by Crippen LogP contribution is -2.50. The van der Waals surface area contributed by atoms with Crippen molar-refractivity contribution in [1.29, 1.82) is 0 Å². The number of para-hydroxylation sites is 2. The van der Waals surface area contributed by atoms with Crippen molar-refractivity contribution in [3.63, 3.8) is 0 Å². The Kier molecular flexibility index (Phi) is 4.47. The van der Waals surface area contributed by atoms with Gasteiger partial charge in [0.2, 0.25) is 5.91 Å². The summed E-state index contributed by atoms with van der Waals surface area (Å²) in [6, 6.07) is 24.7. The van der Waals surface area contributed by atoms with Crippen LogP contribution in [0.2, 0.25) is 0 Å². The SMILES string of the molecule is COc1ccccc1N1CCN(C(=O)C2c3ccccc3-c3ccccc32)CC1. The zero-order valence-corrected chi connectivity index (χ0v) is 16.5. The molecule has 3 aromatic carbocycles. The zero-order chi connectivity index (χ0) is 19.8. The van der Waals surface area contributed by atoms with E-state index in [9.17, 15) is 4.79 Å². The Morgan fingerprint density at radius 3 is 1.97 bits per heavy atom. The second kappa shape index (κ2) is 7.28. The van der Waals surface area contributed by atoms with E-state index in [1.54, 1.807) is 7.11 Å². The molecule has 1 fully saturated rings. The van der Waals surface area contributed by atoms with E-state index in [1.165, 1.54) is 11.1 Å². The molecule has 0 atom stereocenters. The molecule has 1 saturated heterocycles. The standard InChI is InChI=1S/C25H24N2O2/c1-29-23-13-7-6-12-22(23)26-14-16-27(17-15-26)25(28)24-20-10-4-2-8-18(20)19-9-3-5-11-21(19)24/h2-13,24H,14-17H2,1H3. The van der Waals surface area contributed by atoms with Crippen LogP contribution >= 0.6 is 0 Å². The molecule has 1 aliphatic carbocycles. The van der Waals surface area contributed by atoms with Gasteiger partial charge in [-0.3, -0.25) is 4.79 Å². The van der Waals surface area contributed by atoms with Gasteiger partial charge in [-0.1, -0.05) is 60.7 Å². The first kappa shape index (κ1) is 17.8. The maximum atomic E-state index is 13.6. The van der Waals surface area contributed by atoms with Gasteiger partial charge in [0.1, 0.15) is 5.75 Å². The molecule has 4 heteroatoms. The molecule has 0 N–H and O–H groups in total. The van der Waals surface area contributed by atoms with Gasteiger partial charge in [-0.25, -0.2) is 0 Å². The first-order valence-corrected chi connectivity index (χ1v) is 10.1. The molecule has 3 aromatic rings. The molecule has 0 saturated carbocycles. The van der Waals surface area contributed by atoms with Crippen molar-refractivity contribution in [2.75, 3.05) is 38.2 Å². The highest BCUT2D eigenvalue weighted by molar-refractivity contribution is 5.96. The van der Waals surface area contributed by atoms with Crippen molar-refractivity contribution in [2.24, 2.45) is 0 Å². The molecular weight excluding hydrogens is 360 g/mol. The van der Waals surface area contributed by atoms with E-state index in [0.717, 1.165) is 48.7 Å². The van der Waals surface area contributed by atoms with Crippen LogP contribution in [0.25, 0.3) is 11.1 Å². The zero-order valence-electron chi connectivity index (χ0n) is 16.5. The molecule has 0 bridgehead atoms. The van der Waals surface area contributed by atoms with E-state index >= 15 is 0 Å². The van der Waals surface area contributed by atoms with Crippen molar-refractivity contribution in [2.45, 2.75) is 5.92 Å². The average Bonchev–Trinajstić information content (AvgIpc) is 3.13. The van der Waals surface area contributed by atoms with Gasteiger partial charge in [0, 0.05) is 26.2 Å². The quantitative estimate of drug-likeness (QED) is 0.680. The van der Waals surface area contributed by atoms with E-state index in [4.69, 9.17) is 4.74 Å². The maximum Gasteiger partial charge on any atom is 0.234 e. The summed E-state index contributed by atoms with van der Waals surface area (Å²) in [5.41, 5.74) is 5.73. The normalized spacial score (nSPS) is 15.8. The summed E-state index contributed by atoms with van der Waals surface area (Å²) in [6.45, 7) is 3.06. The first-order chi connectivity index (χ1) is 14.3. The predicted octanol–water partition coefficient (Wildman–Crippen LogP) is 4.16. The van der Waals surface area contributed by atoms with E-state index in [0.29, 0.717) is 0 Å². The fourth-order valence-corrected chi connectivity index (χ4v) is 4.66. The summed E-state index contributed by atoms with van der Waals surface area (Å²) in [7, 11) is 1.70. The number of hydrogen-bond acceptors (Lipinski definition) is 3. The van der Waals surface area contributed by atoms with Gasteiger partial charge in [-0.2, -0.15) is 0 Å². The fraction of sp³-hybridized carbons (Fsp3) is 0.240. The number of benzene rings is 3. The Morgan fingerprint density at radius 1 is 0.793 bits per heavy atom. The molecule has 0 unspecified atom stereocenters. The van der Waals surface area contributed by atoms with Crippen LogP contribution in [-0.4, -0.2) is 44.1 Å². The molecule has 4 nitrogen and oxygen atoms in total. The van der Waals surface area contributed by atoms with Crippen LogP contribution in [0.1, 0.15) is 17.0 Å². The highest BCUT2D eigenvalue weighted by Crippen LogP contribution is 2.45. The van der Waals surface area contributed by atoms with Crippen LogP contribution in [-0.2, 0) is 4.79 Å². The van der Waals surface area contributed by atoms with Gasteiger partial charge in [0.05, 0.1) is 18.7 Å². The monoisotopic (exact) mass is 384 g/mol. The van der Waals surface area contributed by atoms with Crippen LogP contribution in [0.4, 0.5) is 5.69 Å². The minimum absolute atomic E-state index is 0.194. The first-order valence-electron chi connectivity index (χ1n) is 10.1. The van der Waals surface area contributed by atoms with E-state index in [2.05, 4.69) is 47.4 Å². The topological polar surface area (TPSA) is 32.8 Å². The predicted molar refractivity (Wildman–Crippen MR) is 116 cm³/mol. The Labute approximate surface area is 171 Å². The van der Waals surface area contributed by atoms with Gasteiger partial charge >= 0.3 is 0 Å². The lowest BCUT2D eigenvalue weighted by molar-refractivity contribution is -0.132. The lowest BCUT2D eigenvalue weighted by atomic mass is 9.95. The van der Waals surface area contributed by atoms with Crippen LogP contribution in [0.5, 0.6) is 5.75 Å². The molecule has 0 aromatic heterocycles. The third-order valence-electron chi connectivity index (χ3n) is 6.10.